The summed E-state index contributed by atoms with van der Waals surface area (Å²) in [4.78, 5) is 36.7. The van der Waals surface area contributed by atoms with Gasteiger partial charge in [-0.05, 0) is 70.9 Å². The SMILES string of the molecule is O=C(CNC(=O)c1cccc2ccccc12)N/N=C/c1ccc(OC(=O)c2ccc(Cl)cc2)cc1. The Bertz CT molecular complexity index is 1400. The van der Waals surface area contributed by atoms with Gasteiger partial charge in [0.25, 0.3) is 11.8 Å². The van der Waals surface area contributed by atoms with Crippen molar-refractivity contribution in [2.24, 2.45) is 5.10 Å². The molecule has 0 saturated carbocycles. The van der Waals surface area contributed by atoms with Crippen molar-refractivity contribution in [2.75, 3.05) is 6.54 Å². The summed E-state index contributed by atoms with van der Waals surface area (Å²) in [7, 11) is 0. The molecule has 0 spiro atoms. The molecule has 35 heavy (non-hydrogen) atoms. The number of hydrazone groups is 1. The Balaban J connectivity index is 1.25. The first kappa shape index (κ1) is 23.7. The molecule has 8 heteroatoms. The molecule has 0 saturated heterocycles. The molecule has 0 bridgehead atoms. The molecule has 0 atom stereocenters. The van der Waals surface area contributed by atoms with Crippen LogP contribution in [-0.2, 0) is 4.79 Å². The number of hydrogen-bond acceptors (Lipinski definition) is 5. The molecule has 7 nitrogen and oxygen atoms in total. The van der Waals surface area contributed by atoms with Gasteiger partial charge in [0, 0.05) is 10.6 Å². The minimum Gasteiger partial charge on any atom is -0.423 e. The molecule has 0 fully saturated rings. The van der Waals surface area contributed by atoms with Gasteiger partial charge in [-0.2, -0.15) is 5.10 Å². The Hall–Kier alpha value is -4.49. The minimum atomic E-state index is -0.499. The average molecular weight is 486 g/mol. The number of ether oxygens (including phenoxy) is 1. The van der Waals surface area contributed by atoms with Gasteiger partial charge in [0.1, 0.15) is 5.75 Å². The van der Waals surface area contributed by atoms with E-state index in [4.69, 9.17) is 16.3 Å². The predicted octanol–water partition coefficient (Wildman–Crippen LogP) is 4.59. The second-order valence-corrected chi connectivity index (χ2v) is 7.90. The molecule has 2 N–H and O–H groups in total. The van der Waals surface area contributed by atoms with E-state index in [0.717, 1.165) is 10.8 Å². The van der Waals surface area contributed by atoms with E-state index in [1.165, 1.54) is 6.21 Å². The predicted molar refractivity (Wildman–Crippen MR) is 135 cm³/mol. The number of halogens is 1. The fourth-order valence-corrected chi connectivity index (χ4v) is 3.40. The zero-order valence-electron chi connectivity index (χ0n) is 18.4. The highest BCUT2D eigenvalue weighted by atomic mass is 35.5. The van der Waals surface area contributed by atoms with Gasteiger partial charge in [-0.3, -0.25) is 9.59 Å². The number of nitrogens with zero attached hydrogens (tertiary/aromatic N) is 1. The molecule has 0 heterocycles. The third-order valence-electron chi connectivity index (χ3n) is 5.02. The Morgan fingerprint density at radius 1 is 0.857 bits per heavy atom. The first-order chi connectivity index (χ1) is 17.0. The zero-order chi connectivity index (χ0) is 24.6. The van der Waals surface area contributed by atoms with Crippen molar-refractivity contribution in [1.82, 2.24) is 10.7 Å². The zero-order valence-corrected chi connectivity index (χ0v) is 19.2. The lowest BCUT2D eigenvalue weighted by atomic mass is 10.0. The molecule has 0 aliphatic carbocycles. The summed E-state index contributed by atoms with van der Waals surface area (Å²) in [6.45, 7) is -0.223. The summed E-state index contributed by atoms with van der Waals surface area (Å²) in [5.41, 5.74) is 3.93. The van der Waals surface area contributed by atoms with Crippen LogP contribution in [0.1, 0.15) is 26.3 Å². The van der Waals surface area contributed by atoms with Crippen molar-refractivity contribution in [2.45, 2.75) is 0 Å². The highest BCUT2D eigenvalue weighted by Gasteiger charge is 2.11. The quantitative estimate of drug-likeness (QED) is 0.173. The molecule has 4 aromatic rings. The van der Waals surface area contributed by atoms with Crippen LogP contribution in [0.3, 0.4) is 0 Å². The summed E-state index contributed by atoms with van der Waals surface area (Å²) in [6, 6.07) is 25.9. The normalized spacial score (nSPS) is 10.8. The standard InChI is InChI=1S/C27H20ClN3O4/c28-21-12-10-20(11-13-21)27(34)35-22-14-8-18(9-15-22)16-30-31-25(32)17-29-26(33)24-7-3-5-19-4-1-2-6-23(19)24/h1-16H,17H2,(H,29,33)(H,31,32)/b30-16+. The van der Waals surface area contributed by atoms with Gasteiger partial charge in [-0.15, -0.1) is 0 Å². The molecule has 0 radical (unpaired) electrons. The van der Waals surface area contributed by atoms with Gasteiger partial charge in [0.2, 0.25) is 0 Å². The topological polar surface area (TPSA) is 96.9 Å². The monoisotopic (exact) mass is 485 g/mol. The maximum absolute atomic E-state index is 12.5. The number of rotatable bonds is 7. The number of fused-ring (bicyclic) bond motifs is 1. The molecule has 2 amide bonds. The fraction of sp³-hybridized carbons (Fsp3) is 0.0370. The Labute approximate surface area is 206 Å². The summed E-state index contributed by atoms with van der Waals surface area (Å²) >= 11 is 5.82. The molecule has 0 aliphatic heterocycles. The Morgan fingerprint density at radius 3 is 2.34 bits per heavy atom. The van der Waals surface area contributed by atoms with E-state index in [2.05, 4.69) is 15.8 Å². The van der Waals surface area contributed by atoms with E-state index in [9.17, 15) is 14.4 Å². The number of carbonyl (C=O) groups is 3. The third-order valence-corrected chi connectivity index (χ3v) is 5.27. The van der Waals surface area contributed by atoms with Crippen molar-refractivity contribution in [3.63, 3.8) is 0 Å². The molecule has 174 valence electrons. The number of nitrogens with one attached hydrogen (secondary N) is 2. The van der Waals surface area contributed by atoms with Gasteiger partial charge in [0.15, 0.2) is 0 Å². The lowest BCUT2D eigenvalue weighted by Gasteiger charge is -2.07. The number of hydrogen-bond donors (Lipinski definition) is 2. The van der Waals surface area contributed by atoms with Gasteiger partial charge in [0.05, 0.1) is 18.3 Å². The average Bonchev–Trinajstić information content (AvgIpc) is 2.88. The van der Waals surface area contributed by atoms with Crippen LogP contribution in [0.4, 0.5) is 0 Å². The van der Waals surface area contributed by atoms with Crippen molar-refractivity contribution in [3.8, 4) is 5.75 Å². The summed E-state index contributed by atoms with van der Waals surface area (Å²) in [5.74, 6) is -0.948. The first-order valence-corrected chi connectivity index (χ1v) is 11.0. The van der Waals surface area contributed by atoms with Crippen LogP contribution in [-0.4, -0.2) is 30.5 Å². The summed E-state index contributed by atoms with van der Waals surface area (Å²) in [6.07, 6.45) is 1.44. The minimum absolute atomic E-state index is 0.223. The maximum Gasteiger partial charge on any atom is 0.343 e. The third kappa shape index (κ3) is 6.31. The maximum atomic E-state index is 12.5. The van der Waals surface area contributed by atoms with Crippen LogP contribution >= 0.6 is 11.6 Å². The Morgan fingerprint density at radius 2 is 1.57 bits per heavy atom. The van der Waals surface area contributed by atoms with Crippen LogP contribution in [0, 0.1) is 0 Å². The lowest BCUT2D eigenvalue weighted by Crippen LogP contribution is -2.35. The number of esters is 1. The van der Waals surface area contributed by atoms with Crippen molar-refractivity contribution < 1.29 is 19.1 Å². The summed E-state index contributed by atoms with van der Waals surface area (Å²) in [5, 5.41) is 8.78. The van der Waals surface area contributed by atoms with Gasteiger partial charge in [-0.25, -0.2) is 10.2 Å². The van der Waals surface area contributed by atoms with Crippen LogP contribution in [0.15, 0.2) is 96.1 Å². The first-order valence-electron chi connectivity index (χ1n) is 10.7. The largest absolute Gasteiger partial charge is 0.423 e. The molecule has 0 aromatic heterocycles. The van der Waals surface area contributed by atoms with E-state index >= 15 is 0 Å². The van der Waals surface area contributed by atoms with Crippen LogP contribution in [0.5, 0.6) is 5.75 Å². The molecule has 0 unspecified atom stereocenters. The molecular formula is C27H20ClN3O4. The van der Waals surface area contributed by atoms with Crippen molar-refractivity contribution >= 4 is 46.4 Å². The molecule has 0 aliphatic rings. The van der Waals surface area contributed by atoms with Crippen molar-refractivity contribution in [3.05, 3.63) is 113 Å². The van der Waals surface area contributed by atoms with Crippen LogP contribution < -0.4 is 15.5 Å². The van der Waals surface area contributed by atoms with Crippen molar-refractivity contribution in [1.29, 1.82) is 0 Å². The highest BCUT2D eigenvalue weighted by Crippen LogP contribution is 2.18. The van der Waals surface area contributed by atoms with E-state index < -0.39 is 11.9 Å². The smallest absolute Gasteiger partial charge is 0.343 e. The van der Waals surface area contributed by atoms with Gasteiger partial charge in [-0.1, -0.05) is 48.0 Å². The summed E-state index contributed by atoms with van der Waals surface area (Å²) < 4.78 is 5.32. The Kier molecular flexibility index (Phi) is 7.50. The van der Waals surface area contributed by atoms with Gasteiger partial charge < -0.3 is 10.1 Å². The number of amides is 2. The van der Waals surface area contributed by atoms with Crippen LogP contribution in [0.2, 0.25) is 5.02 Å². The lowest BCUT2D eigenvalue weighted by molar-refractivity contribution is -0.120. The van der Waals surface area contributed by atoms with E-state index in [1.54, 1.807) is 60.7 Å². The second-order valence-electron chi connectivity index (χ2n) is 7.47. The number of benzene rings is 4. The second kappa shape index (κ2) is 11.1. The number of carbonyl (C=O) groups excluding carboxylic acids is 3. The van der Waals surface area contributed by atoms with E-state index in [1.807, 2.05) is 30.3 Å². The van der Waals surface area contributed by atoms with Gasteiger partial charge >= 0.3 is 5.97 Å². The fourth-order valence-electron chi connectivity index (χ4n) is 3.27. The van der Waals surface area contributed by atoms with E-state index in [0.29, 0.717) is 27.5 Å². The molecular weight excluding hydrogens is 466 g/mol. The van der Waals surface area contributed by atoms with Crippen LogP contribution in [0.25, 0.3) is 10.8 Å². The van der Waals surface area contributed by atoms with E-state index in [-0.39, 0.29) is 12.5 Å². The molecule has 4 aromatic carbocycles. The highest BCUT2D eigenvalue weighted by molar-refractivity contribution is 6.30. The molecule has 4 rings (SSSR count).